The maximum atomic E-state index is 10.9. The molecule has 0 aromatic carbocycles. The summed E-state index contributed by atoms with van der Waals surface area (Å²) in [5, 5.41) is 7.27. The van der Waals surface area contributed by atoms with E-state index in [-0.39, 0.29) is 12.6 Å². The first-order valence-electron chi connectivity index (χ1n) is 5.74. The monoisotopic (exact) mass is 241 g/mol. The molecule has 0 atom stereocenters. The molecule has 1 aromatic heterocycles. The van der Waals surface area contributed by atoms with E-state index in [0.717, 1.165) is 13.1 Å². The molecule has 6 heteroatoms. The molecule has 0 aliphatic carbocycles. The van der Waals surface area contributed by atoms with Gasteiger partial charge in [0, 0.05) is 25.5 Å². The molecule has 1 heterocycles. The van der Waals surface area contributed by atoms with E-state index in [4.69, 9.17) is 9.47 Å². The molecule has 17 heavy (non-hydrogen) atoms. The van der Waals surface area contributed by atoms with Crippen LogP contribution in [0, 0.1) is 0 Å². The highest BCUT2D eigenvalue weighted by Crippen LogP contribution is 1.83. The summed E-state index contributed by atoms with van der Waals surface area (Å²) in [7, 11) is 0. The highest BCUT2D eigenvalue weighted by Gasteiger charge is 2.00. The maximum Gasteiger partial charge on any atom is 0.332 e. The van der Waals surface area contributed by atoms with Crippen molar-refractivity contribution in [3.63, 3.8) is 0 Å². The molecule has 6 nitrogen and oxygen atoms in total. The summed E-state index contributed by atoms with van der Waals surface area (Å²) in [5.74, 6) is -0.316. The first kappa shape index (κ1) is 13.7. The number of nitrogens with one attached hydrogen (secondary N) is 1. The van der Waals surface area contributed by atoms with Gasteiger partial charge < -0.3 is 14.8 Å². The first-order chi connectivity index (χ1) is 8.33. The molecule has 0 saturated carbocycles. The van der Waals surface area contributed by atoms with E-state index in [1.807, 2.05) is 16.9 Å². The Morgan fingerprint density at radius 1 is 1.47 bits per heavy atom. The number of carbonyl (C=O) groups is 1. The topological polar surface area (TPSA) is 65.4 Å². The Morgan fingerprint density at radius 3 is 3.06 bits per heavy atom. The number of hydrogen-bond donors (Lipinski definition) is 1. The van der Waals surface area contributed by atoms with Gasteiger partial charge in [-0.15, -0.1) is 0 Å². The molecular weight excluding hydrogens is 222 g/mol. The summed E-state index contributed by atoms with van der Waals surface area (Å²) >= 11 is 0. The summed E-state index contributed by atoms with van der Waals surface area (Å²) < 4.78 is 11.7. The van der Waals surface area contributed by atoms with Crippen molar-refractivity contribution >= 4 is 5.97 Å². The van der Waals surface area contributed by atoms with E-state index < -0.39 is 0 Å². The molecule has 0 saturated heterocycles. The van der Waals surface area contributed by atoms with Gasteiger partial charge in [-0.3, -0.25) is 4.68 Å². The molecule has 1 aromatic rings. The largest absolute Gasteiger partial charge is 0.464 e. The number of hydrogen-bond acceptors (Lipinski definition) is 5. The van der Waals surface area contributed by atoms with Gasteiger partial charge in [-0.2, -0.15) is 5.10 Å². The Morgan fingerprint density at radius 2 is 2.35 bits per heavy atom. The number of esters is 1. The van der Waals surface area contributed by atoms with Gasteiger partial charge in [-0.05, 0) is 13.0 Å². The van der Waals surface area contributed by atoms with Gasteiger partial charge >= 0.3 is 5.97 Å². The molecule has 96 valence electrons. The minimum atomic E-state index is -0.316. The van der Waals surface area contributed by atoms with Gasteiger partial charge in [0.2, 0.25) is 0 Å². The van der Waals surface area contributed by atoms with Crippen LogP contribution in [0.5, 0.6) is 0 Å². The van der Waals surface area contributed by atoms with Gasteiger partial charge in [-0.1, -0.05) is 0 Å². The van der Waals surface area contributed by atoms with Crippen molar-refractivity contribution in [1.29, 1.82) is 0 Å². The van der Waals surface area contributed by atoms with E-state index in [0.29, 0.717) is 19.8 Å². The highest BCUT2D eigenvalue weighted by atomic mass is 16.6. The van der Waals surface area contributed by atoms with E-state index in [2.05, 4.69) is 10.4 Å². The second kappa shape index (κ2) is 8.72. The van der Waals surface area contributed by atoms with Crippen molar-refractivity contribution in [2.45, 2.75) is 13.5 Å². The fraction of sp³-hybridized carbons (Fsp3) is 0.636. The molecule has 0 aliphatic rings. The second-order valence-electron chi connectivity index (χ2n) is 3.38. The zero-order chi connectivity index (χ0) is 12.3. The van der Waals surface area contributed by atoms with E-state index >= 15 is 0 Å². The van der Waals surface area contributed by atoms with Gasteiger partial charge in [-0.25, -0.2) is 4.79 Å². The molecular formula is C11H19N3O3. The minimum absolute atomic E-state index is 0.0225. The zero-order valence-electron chi connectivity index (χ0n) is 10.1. The highest BCUT2D eigenvalue weighted by molar-refractivity contribution is 5.70. The van der Waals surface area contributed by atoms with Gasteiger partial charge in [0.15, 0.2) is 0 Å². The molecule has 0 spiro atoms. The third kappa shape index (κ3) is 6.70. The number of aromatic nitrogens is 2. The number of rotatable bonds is 9. The lowest BCUT2D eigenvalue weighted by atomic mass is 10.5. The fourth-order valence-corrected chi connectivity index (χ4v) is 1.25. The third-order valence-corrected chi connectivity index (χ3v) is 2.03. The van der Waals surface area contributed by atoms with Crippen molar-refractivity contribution < 1.29 is 14.3 Å². The molecule has 1 rings (SSSR count). The smallest absolute Gasteiger partial charge is 0.332 e. The van der Waals surface area contributed by atoms with Crippen LogP contribution in [0.4, 0.5) is 0 Å². The Hall–Kier alpha value is -1.40. The molecule has 0 amide bonds. The Bertz CT molecular complexity index is 301. The minimum Gasteiger partial charge on any atom is -0.464 e. The van der Waals surface area contributed by atoms with Crippen LogP contribution in [0.25, 0.3) is 0 Å². The van der Waals surface area contributed by atoms with Crippen LogP contribution in [0.2, 0.25) is 0 Å². The van der Waals surface area contributed by atoms with E-state index in [1.54, 1.807) is 13.1 Å². The Kier molecular flexibility index (Phi) is 7.01. The molecule has 0 bridgehead atoms. The Labute approximate surface area is 101 Å². The summed E-state index contributed by atoms with van der Waals surface area (Å²) in [6.45, 7) is 5.04. The fourth-order valence-electron chi connectivity index (χ4n) is 1.25. The molecule has 0 unspecified atom stereocenters. The van der Waals surface area contributed by atoms with Crippen molar-refractivity contribution in [2.75, 3.05) is 32.9 Å². The molecule has 1 N–H and O–H groups in total. The van der Waals surface area contributed by atoms with Crippen LogP contribution in [0.1, 0.15) is 6.92 Å². The van der Waals surface area contributed by atoms with E-state index in [9.17, 15) is 4.79 Å². The van der Waals surface area contributed by atoms with Crippen LogP contribution in [-0.2, 0) is 20.8 Å². The quantitative estimate of drug-likeness (QED) is 0.489. The van der Waals surface area contributed by atoms with Crippen LogP contribution in [-0.4, -0.2) is 48.7 Å². The molecule has 0 fully saturated rings. The standard InChI is InChI=1S/C11H19N3O3/c1-2-17-11(15)10-16-9-6-12-5-8-14-7-3-4-13-14/h3-4,7,12H,2,5-6,8-10H2,1H3. The number of carbonyl (C=O) groups excluding carboxylic acids is 1. The van der Waals surface area contributed by atoms with Crippen LogP contribution in [0.15, 0.2) is 18.5 Å². The predicted octanol–water partition coefficient (Wildman–Crippen LogP) is 0.0524. The van der Waals surface area contributed by atoms with Crippen molar-refractivity contribution in [3.05, 3.63) is 18.5 Å². The van der Waals surface area contributed by atoms with Crippen LogP contribution >= 0.6 is 0 Å². The first-order valence-corrected chi connectivity index (χ1v) is 5.74. The van der Waals surface area contributed by atoms with Crippen molar-refractivity contribution in [2.24, 2.45) is 0 Å². The average molecular weight is 241 g/mol. The average Bonchev–Trinajstić information content (AvgIpc) is 2.81. The lowest BCUT2D eigenvalue weighted by Crippen LogP contribution is -2.25. The van der Waals surface area contributed by atoms with E-state index in [1.165, 1.54) is 0 Å². The van der Waals surface area contributed by atoms with Crippen molar-refractivity contribution in [3.8, 4) is 0 Å². The van der Waals surface area contributed by atoms with Gasteiger partial charge in [0.25, 0.3) is 0 Å². The van der Waals surface area contributed by atoms with Gasteiger partial charge in [0.1, 0.15) is 6.61 Å². The lowest BCUT2D eigenvalue weighted by molar-refractivity contribution is -0.148. The molecule has 0 aliphatic heterocycles. The van der Waals surface area contributed by atoms with Gasteiger partial charge in [0.05, 0.1) is 19.8 Å². The zero-order valence-corrected chi connectivity index (χ0v) is 10.1. The Balaban J connectivity index is 1.86. The summed E-state index contributed by atoms with van der Waals surface area (Å²) in [6, 6.07) is 1.89. The predicted molar refractivity (Wildman–Crippen MR) is 62.5 cm³/mol. The van der Waals surface area contributed by atoms with Crippen LogP contribution in [0.3, 0.4) is 0 Å². The maximum absolute atomic E-state index is 10.9. The second-order valence-corrected chi connectivity index (χ2v) is 3.38. The third-order valence-electron chi connectivity index (χ3n) is 2.03. The SMILES string of the molecule is CCOC(=O)COCCNCCn1cccn1. The summed E-state index contributed by atoms with van der Waals surface area (Å²) in [6.07, 6.45) is 3.67. The lowest BCUT2D eigenvalue weighted by Gasteiger charge is -2.06. The molecule has 0 radical (unpaired) electrons. The van der Waals surface area contributed by atoms with Crippen molar-refractivity contribution in [1.82, 2.24) is 15.1 Å². The normalized spacial score (nSPS) is 10.4. The summed E-state index contributed by atoms with van der Waals surface area (Å²) in [4.78, 5) is 10.9. The summed E-state index contributed by atoms with van der Waals surface area (Å²) in [5.41, 5.74) is 0. The number of ether oxygens (including phenoxy) is 2. The van der Waals surface area contributed by atoms with Crippen LogP contribution < -0.4 is 5.32 Å². The number of nitrogens with zero attached hydrogens (tertiary/aromatic N) is 2.